The van der Waals surface area contributed by atoms with Crippen molar-refractivity contribution in [2.24, 2.45) is 0 Å². The molecule has 0 radical (unpaired) electrons. The van der Waals surface area contributed by atoms with E-state index < -0.39 is 0 Å². The second kappa shape index (κ2) is 5.38. The van der Waals surface area contributed by atoms with Gasteiger partial charge in [0.05, 0.1) is 25.6 Å². The van der Waals surface area contributed by atoms with Gasteiger partial charge in [-0.3, -0.25) is 0 Å². The van der Waals surface area contributed by atoms with E-state index in [4.69, 9.17) is 15.2 Å². The molecule has 1 fully saturated rings. The zero-order valence-electron chi connectivity index (χ0n) is 11.4. The molecule has 1 unspecified atom stereocenters. The maximum absolute atomic E-state index is 6.14. The molecule has 0 bridgehead atoms. The highest BCUT2D eigenvalue weighted by Gasteiger charge is 2.25. The smallest absolute Gasteiger partial charge is 0.162 e. The van der Waals surface area contributed by atoms with Crippen LogP contribution < -0.4 is 20.1 Å². The highest BCUT2D eigenvalue weighted by molar-refractivity contribution is 5.73. The highest BCUT2D eigenvalue weighted by Crippen LogP contribution is 2.39. The molecule has 1 aliphatic heterocycles. The van der Waals surface area contributed by atoms with E-state index in [1.54, 1.807) is 14.2 Å². The minimum atomic E-state index is 0.588. The number of benzene rings is 1. The maximum Gasteiger partial charge on any atom is 0.162 e. The zero-order valence-corrected chi connectivity index (χ0v) is 11.4. The Morgan fingerprint density at radius 1 is 1.28 bits per heavy atom. The van der Waals surface area contributed by atoms with Crippen molar-refractivity contribution in [1.82, 2.24) is 0 Å². The molecule has 1 aromatic carbocycles. The van der Waals surface area contributed by atoms with E-state index in [2.05, 4.69) is 11.8 Å². The molecule has 1 aromatic rings. The Bertz CT molecular complexity index is 421. The fraction of sp³-hybridized carbons (Fsp3) is 0.571. The predicted octanol–water partition coefficient (Wildman–Crippen LogP) is 2.66. The summed E-state index contributed by atoms with van der Waals surface area (Å²) in [5.41, 5.74) is 7.96. The minimum absolute atomic E-state index is 0.588. The third-order valence-electron chi connectivity index (χ3n) is 3.69. The first kappa shape index (κ1) is 12.9. The van der Waals surface area contributed by atoms with Gasteiger partial charge in [-0.15, -0.1) is 0 Å². The Hall–Kier alpha value is -1.58. The number of nitrogen functional groups attached to an aromatic ring is 1. The zero-order chi connectivity index (χ0) is 13.1. The second-order valence-electron chi connectivity index (χ2n) is 4.66. The van der Waals surface area contributed by atoms with Gasteiger partial charge in [0.2, 0.25) is 0 Å². The van der Waals surface area contributed by atoms with Gasteiger partial charge in [0.15, 0.2) is 11.5 Å². The molecular formula is C14H22N2O2. The number of nitrogens with zero attached hydrogens (tertiary/aromatic N) is 1. The second-order valence-corrected chi connectivity index (χ2v) is 4.66. The molecule has 18 heavy (non-hydrogen) atoms. The molecule has 1 heterocycles. The minimum Gasteiger partial charge on any atom is -0.493 e. The first-order valence-electron chi connectivity index (χ1n) is 6.49. The Labute approximate surface area is 109 Å². The molecule has 0 aromatic heterocycles. The van der Waals surface area contributed by atoms with Crippen LogP contribution in [0.25, 0.3) is 0 Å². The Morgan fingerprint density at radius 2 is 1.94 bits per heavy atom. The standard InChI is InChI=1S/C14H22N2O2/c1-4-10-6-5-7-16(10)12-9-14(18-3)13(17-2)8-11(12)15/h8-10H,4-7,15H2,1-3H3. The molecule has 0 amide bonds. The van der Waals surface area contributed by atoms with Crippen LogP contribution in [-0.2, 0) is 0 Å². The van der Waals surface area contributed by atoms with E-state index in [-0.39, 0.29) is 0 Å². The number of ether oxygens (including phenoxy) is 2. The van der Waals surface area contributed by atoms with E-state index in [1.165, 1.54) is 12.8 Å². The number of anilines is 2. The average molecular weight is 250 g/mol. The van der Waals surface area contributed by atoms with Crippen LogP contribution in [0.4, 0.5) is 11.4 Å². The van der Waals surface area contributed by atoms with Crippen LogP contribution in [0.2, 0.25) is 0 Å². The first-order valence-corrected chi connectivity index (χ1v) is 6.49. The molecule has 100 valence electrons. The number of hydrogen-bond donors (Lipinski definition) is 1. The van der Waals surface area contributed by atoms with Gasteiger partial charge in [0, 0.05) is 24.7 Å². The summed E-state index contributed by atoms with van der Waals surface area (Å²) >= 11 is 0. The van der Waals surface area contributed by atoms with Crippen LogP contribution in [0.3, 0.4) is 0 Å². The van der Waals surface area contributed by atoms with Crippen molar-refractivity contribution >= 4 is 11.4 Å². The summed E-state index contributed by atoms with van der Waals surface area (Å²) in [7, 11) is 3.28. The lowest BCUT2D eigenvalue weighted by Crippen LogP contribution is -2.29. The molecule has 0 spiro atoms. The SMILES string of the molecule is CCC1CCCN1c1cc(OC)c(OC)cc1N. The lowest BCUT2D eigenvalue weighted by molar-refractivity contribution is 0.355. The van der Waals surface area contributed by atoms with Crippen molar-refractivity contribution in [1.29, 1.82) is 0 Å². The van der Waals surface area contributed by atoms with Crippen molar-refractivity contribution in [2.45, 2.75) is 32.2 Å². The van der Waals surface area contributed by atoms with Crippen molar-refractivity contribution in [3.05, 3.63) is 12.1 Å². The number of methoxy groups -OCH3 is 2. The molecular weight excluding hydrogens is 228 g/mol. The largest absolute Gasteiger partial charge is 0.493 e. The molecule has 2 rings (SSSR count). The van der Waals surface area contributed by atoms with E-state index in [1.807, 2.05) is 12.1 Å². The summed E-state index contributed by atoms with van der Waals surface area (Å²) in [5, 5.41) is 0. The van der Waals surface area contributed by atoms with Crippen LogP contribution in [0.5, 0.6) is 11.5 Å². The van der Waals surface area contributed by atoms with Crippen molar-refractivity contribution in [3.63, 3.8) is 0 Å². The van der Waals surface area contributed by atoms with Gasteiger partial charge in [-0.1, -0.05) is 6.92 Å². The van der Waals surface area contributed by atoms with E-state index >= 15 is 0 Å². The summed E-state index contributed by atoms with van der Waals surface area (Å²) in [4.78, 5) is 2.39. The monoisotopic (exact) mass is 250 g/mol. The molecule has 0 aliphatic carbocycles. The Morgan fingerprint density at radius 3 is 2.56 bits per heavy atom. The van der Waals surface area contributed by atoms with Crippen LogP contribution in [0.15, 0.2) is 12.1 Å². The van der Waals surface area contributed by atoms with Gasteiger partial charge < -0.3 is 20.1 Å². The summed E-state index contributed by atoms with van der Waals surface area (Å²) in [6.45, 7) is 3.29. The number of hydrogen-bond acceptors (Lipinski definition) is 4. The summed E-state index contributed by atoms with van der Waals surface area (Å²) in [5.74, 6) is 1.43. The van der Waals surface area contributed by atoms with Gasteiger partial charge in [0.25, 0.3) is 0 Å². The maximum atomic E-state index is 6.14. The molecule has 4 heteroatoms. The average Bonchev–Trinajstić information content (AvgIpc) is 2.86. The van der Waals surface area contributed by atoms with Crippen LogP contribution in [-0.4, -0.2) is 26.8 Å². The highest BCUT2D eigenvalue weighted by atomic mass is 16.5. The Kier molecular flexibility index (Phi) is 3.84. The van der Waals surface area contributed by atoms with Gasteiger partial charge >= 0.3 is 0 Å². The van der Waals surface area contributed by atoms with Crippen molar-refractivity contribution in [3.8, 4) is 11.5 Å². The lowest BCUT2D eigenvalue weighted by atomic mass is 10.1. The third-order valence-corrected chi connectivity index (χ3v) is 3.69. The lowest BCUT2D eigenvalue weighted by Gasteiger charge is -2.28. The van der Waals surface area contributed by atoms with Gasteiger partial charge in [-0.05, 0) is 19.3 Å². The van der Waals surface area contributed by atoms with Gasteiger partial charge in [-0.2, -0.15) is 0 Å². The fourth-order valence-corrected chi connectivity index (χ4v) is 2.71. The normalized spacial score (nSPS) is 19.1. The summed E-state index contributed by atoms with van der Waals surface area (Å²) < 4.78 is 10.6. The molecule has 0 saturated carbocycles. The third kappa shape index (κ3) is 2.19. The van der Waals surface area contributed by atoms with Crippen molar-refractivity contribution < 1.29 is 9.47 Å². The van der Waals surface area contributed by atoms with Gasteiger partial charge in [-0.25, -0.2) is 0 Å². The van der Waals surface area contributed by atoms with E-state index in [0.29, 0.717) is 11.8 Å². The molecule has 1 aliphatic rings. The summed E-state index contributed by atoms with van der Waals surface area (Å²) in [6.07, 6.45) is 3.62. The van der Waals surface area contributed by atoms with Crippen molar-refractivity contribution in [2.75, 3.05) is 31.4 Å². The molecule has 1 saturated heterocycles. The number of rotatable bonds is 4. The molecule has 1 atom stereocenters. The summed E-state index contributed by atoms with van der Waals surface area (Å²) in [6, 6.07) is 4.42. The Balaban J connectivity index is 2.38. The predicted molar refractivity (Wildman–Crippen MR) is 74.6 cm³/mol. The topological polar surface area (TPSA) is 47.7 Å². The van der Waals surface area contributed by atoms with E-state index in [9.17, 15) is 0 Å². The molecule has 2 N–H and O–H groups in total. The van der Waals surface area contributed by atoms with Gasteiger partial charge in [0.1, 0.15) is 0 Å². The van der Waals surface area contributed by atoms with Crippen LogP contribution in [0.1, 0.15) is 26.2 Å². The quantitative estimate of drug-likeness (QED) is 0.835. The molecule has 4 nitrogen and oxygen atoms in total. The van der Waals surface area contributed by atoms with Crippen LogP contribution in [0, 0.1) is 0 Å². The number of nitrogens with two attached hydrogens (primary N) is 1. The van der Waals surface area contributed by atoms with Crippen LogP contribution >= 0.6 is 0 Å². The fourth-order valence-electron chi connectivity index (χ4n) is 2.71. The first-order chi connectivity index (χ1) is 8.71. The van der Waals surface area contributed by atoms with E-state index in [0.717, 1.165) is 30.1 Å².